The van der Waals surface area contributed by atoms with Gasteiger partial charge in [0.25, 0.3) is 0 Å². The number of terminal acetylenes is 1. The van der Waals surface area contributed by atoms with E-state index in [1.165, 1.54) is 0 Å². The molecular formula is C34H15NO. The first kappa shape index (κ1) is 26.1. The quantitative estimate of drug-likeness (QED) is 0.661. The molecule has 0 radical (unpaired) electrons. The summed E-state index contributed by atoms with van der Waals surface area (Å²) in [5.74, 6) is 50.2. The van der Waals surface area contributed by atoms with Gasteiger partial charge in [0.15, 0.2) is 0 Å². The van der Waals surface area contributed by atoms with Gasteiger partial charge in [0.1, 0.15) is 0 Å². The lowest BCUT2D eigenvalue weighted by Crippen LogP contribution is -2.21. The van der Waals surface area contributed by atoms with Crippen molar-refractivity contribution in [3.63, 3.8) is 0 Å². The summed E-state index contributed by atoms with van der Waals surface area (Å²) in [4.78, 5) is 1.82. The number of aliphatic hydroxyl groups excluding tert-OH is 1. The highest BCUT2D eigenvalue weighted by molar-refractivity contribution is 5.74. The summed E-state index contributed by atoms with van der Waals surface area (Å²) >= 11 is 0. The minimum absolute atomic E-state index is 0.0134. The number of hydrogen-bond acceptors (Lipinski definition) is 2. The number of hydrogen-bond donors (Lipinski definition) is 1. The molecule has 1 aliphatic rings. The van der Waals surface area contributed by atoms with Crippen molar-refractivity contribution < 1.29 is 5.11 Å². The Labute approximate surface area is 213 Å². The standard InChI is InChI=1S/C34H15NO/c1-5-6-7-8-9-10-11-12-13-14-15-16-17-18-19-20-21-22-23-24-27-35-30(2)34(3,4)32-28-31(29-36)25-26-33(32)35/h1,25-26,28,36H,2,29H2,3-4H3. The van der Waals surface area contributed by atoms with Gasteiger partial charge in [0.2, 0.25) is 0 Å². The van der Waals surface area contributed by atoms with Crippen molar-refractivity contribution in [2.45, 2.75) is 25.9 Å². The van der Waals surface area contributed by atoms with Crippen molar-refractivity contribution in [2.24, 2.45) is 0 Å². The van der Waals surface area contributed by atoms with E-state index in [9.17, 15) is 5.11 Å². The lowest BCUT2D eigenvalue weighted by molar-refractivity contribution is 0.281. The largest absolute Gasteiger partial charge is 0.392 e. The smallest absolute Gasteiger partial charge is 0.0681 e. The van der Waals surface area contributed by atoms with E-state index < -0.39 is 0 Å². The Bertz CT molecular complexity index is 1780. The minimum atomic E-state index is -0.294. The highest BCUT2D eigenvalue weighted by atomic mass is 16.3. The molecular weight excluding hydrogens is 438 g/mol. The Kier molecular flexibility index (Phi) is 10.2. The zero-order valence-corrected chi connectivity index (χ0v) is 19.6. The van der Waals surface area contributed by atoms with Crippen LogP contribution in [0.25, 0.3) is 0 Å². The summed E-state index contributed by atoms with van der Waals surface area (Å²) in [6, 6.07) is 8.79. The van der Waals surface area contributed by atoms with Crippen LogP contribution in [0.2, 0.25) is 0 Å². The number of fused-ring (bicyclic) bond motifs is 1. The van der Waals surface area contributed by atoms with E-state index in [-0.39, 0.29) is 12.0 Å². The summed E-state index contributed by atoms with van der Waals surface area (Å²) in [6.07, 6.45) is 4.94. The normalized spacial score (nSPS) is 9.83. The second kappa shape index (κ2) is 14.1. The first-order chi connectivity index (χ1) is 17.5. The van der Waals surface area contributed by atoms with Gasteiger partial charge in [0.05, 0.1) is 12.3 Å². The molecule has 0 atom stereocenters. The molecule has 36 heavy (non-hydrogen) atoms. The molecule has 1 aromatic rings. The number of aliphatic hydroxyl groups is 1. The average molecular weight is 454 g/mol. The van der Waals surface area contributed by atoms with Gasteiger partial charge < -0.3 is 5.11 Å². The van der Waals surface area contributed by atoms with Crippen LogP contribution in [0, 0.1) is 131 Å². The Balaban J connectivity index is 1.93. The minimum Gasteiger partial charge on any atom is -0.392 e. The summed E-state index contributed by atoms with van der Waals surface area (Å²) in [5, 5.41) is 9.42. The topological polar surface area (TPSA) is 23.5 Å². The number of benzene rings is 1. The summed E-state index contributed by atoms with van der Waals surface area (Å²) < 4.78 is 0. The van der Waals surface area contributed by atoms with Crippen molar-refractivity contribution in [1.82, 2.24) is 0 Å². The maximum absolute atomic E-state index is 9.42. The van der Waals surface area contributed by atoms with Gasteiger partial charge >= 0.3 is 0 Å². The summed E-state index contributed by atoms with van der Waals surface area (Å²) in [6.45, 7) is 8.31. The third kappa shape index (κ3) is 7.78. The zero-order chi connectivity index (χ0) is 26.1. The van der Waals surface area contributed by atoms with Crippen molar-refractivity contribution in [3.05, 3.63) is 41.6 Å². The molecule has 0 saturated heterocycles. The van der Waals surface area contributed by atoms with Gasteiger partial charge in [-0.3, -0.25) is 4.90 Å². The molecule has 0 bridgehead atoms. The van der Waals surface area contributed by atoms with Crippen LogP contribution in [0.4, 0.5) is 5.69 Å². The van der Waals surface area contributed by atoms with Crippen LogP contribution in [0.1, 0.15) is 25.0 Å². The van der Waals surface area contributed by atoms with E-state index >= 15 is 0 Å². The van der Waals surface area contributed by atoms with Crippen molar-refractivity contribution in [3.8, 4) is 131 Å². The van der Waals surface area contributed by atoms with Crippen LogP contribution >= 0.6 is 0 Å². The molecule has 1 heterocycles. The first-order valence-corrected chi connectivity index (χ1v) is 10.2. The maximum Gasteiger partial charge on any atom is 0.0681 e. The molecule has 2 rings (SSSR count). The van der Waals surface area contributed by atoms with E-state index in [1.807, 2.05) is 23.1 Å². The second-order valence-electron chi connectivity index (χ2n) is 7.05. The third-order valence-electron chi connectivity index (χ3n) is 4.51. The Morgan fingerprint density at radius 2 is 1.14 bits per heavy atom. The van der Waals surface area contributed by atoms with Gasteiger partial charge in [-0.05, 0) is 64.6 Å². The fraction of sp³-hybridized carbons (Fsp3) is 0.118. The highest BCUT2D eigenvalue weighted by Gasteiger charge is 2.38. The van der Waals surface area contributed by atoms with Gasteiger partial charge in [-0.15, -0.1) is 6.42 Å². The van der Waals surface area contributed by atoms with E-state index in [4.69, 9.17) is 6.42 Å². The lowest BCUT2D eigenvalue weighted by Gasteiger charge is -2.21. The molecule has 2 nitrogen and oxygen atoms in total. The molecule has 0 saturated carbocycles. The third-order valence-corrected chi connectivity index (χ3v) is 4.51. The Hall–Kier alpha value is -6.12. The fourth-order valence-electron chi connectivity index (χ4n) is 2.74. The van der Waals surface area contributed by atoms with E-state index in [0.29, 0.717) is 0 Å². The first-order valence-electron chi connectivity index (χ1n) is 10.2. The van der Waals surface area contributed by atoms with Gasteiger partial charge in [-0.25, -0.2) is 0 Å². The molecule has 162 valence electrons. The van der Waals surface area contributed by atoms with Crippen LogP contribution in [0.3, 0.4) is 0 Å². The Morgan fingerprint density at radius 3 is 1.56 bits per heavy atom. The summed E-state index contributed by atoms with van der Waals surface area (Å²) in [7, 11) is 0. The van der Waals surface area contributed by atoms with Crippen molar-refractivity contribution in [1.29, 1.82) is 0 Å². The molecule has 0 fully saturated rings. The molecule has 0 amide bonds. The van der Waals surface area contributed by atoms with E-state index in [0.717, 1.165) is 22.5 Å². The molecule has 1 aliphatic heterocycles. The van der Waals surface area contributed by atoms with Crippen LogP contribution < -0.4 is 4.90 Å². The Morgan fingerprint density at radius 1 is 0.722 bits per heavy atom. The SMILES string of the molecule is C#CC#CC#CC#CC#CC#CC#CC#CC#CC#CC#CN1C(=C)C(C)(C)c2cc(CO)ccc21. The predicted molar refractivity (Wildman–Crippen MR) is 144 cm³/mol. The van der Waals surface area contributed by atoms with E-state index in [2.05, 4.69) is 145 Å². The molecule has 0 aromatic heterocycles. The summed E-state index contributed by atoms with van der Waals surface area (Å²) in [5.41, 5.74) is 3.40. The number of nitrogens with zero attached hydrogens (tertiary/aromatic N) is 1. The lowest BCUT2D eigenvalue weighted by atomic mass is 9.84. The van der Waals surface area contributed by atoms with Crippen molar-refractivity contribution >= 4 is 5.69 Å². The van der Waals surface area contributed by atoms with Crippen LogP contribution in [-0.2, 0) is 12.0 Å². The molecule has 1 N–H and O–H groups in total. The van der Waals surface area contributed by atoms with Gasteiger partial charge in [-0.2, -0.15) is 0 Å². The molecule has 0 spiro atoms. The van der Waals surface area contributed by atoms with Crippen LogP contribution in [0.15, 0.2) is 30.5 Å². The van der Waals surface area contributed by atoms with E-state index in [1.54, 1.807) is 0 Å². The van der Waals surface area contributed by atoms with Gasteiger partial charge in [0, 0.05) is 88.2 Å². The van der Waals surface area contributed by atoms with Crippen molar-refractivity contribution in [2.75, 3.05) is 4.90 Å². The monoisotopic (exact) mass is 453 g/mol. The molecule has 0 unspecified atom stereocenters. The van der Waals surface area contributed by atoms with Crippen LogP contribution in [-0.4, -0.2) is 5.11 Å². The zero-order valence-electron chi connectivity index (χ0n) is 19.6. The van der Waals surface area contributed by atoms with Gasteiger partial charge in [-0.1, -0.05) is 32.6 Å². The fourth-order valence-corrected chi connectivity index (χ4v) is 2.74. The highest BCUT2D eigenvalue weighted by Crippen LogP contribution is 2.46. The molecule has 0 aliphatic carbocycles. The predicted octanol–water partition coefficient (Wildman–Crippen LogP) is 2.41. The maximum atomic E-state index is 9.42. The number of anilines is 1. The second-order valence-corrected chi connectivity index (χ2v) is 7.05. The molecule has 2 heteroatoms. The molecule has 1 aromatic carbocycles. The number of allylic oxidation sites excluding steroid dienone is 1. The number of rotatable bonds is 1. The van der Waals surface area contributed by atoms with Crippen LogP contribution in [0.5, 0.6) is 0 Å². The average Bonchev–Trinajstić information content (AvgIpc) is 3.07.